The quantitative estimate of drug-likeness (QED) is 0.733. The third-order valence-corrected chi connectivity index (χ3v) is 3.76. The van der Waals surface area contributed by atoms with Gasteiger partial charge >= 0.3 is 0 Å². The number of furan rings is 1. The summed E-state index contributed by atoms with van der Waals surface area (Å²) in [4.78, 5) is 14.6. The van der Waals surface area contributed by atoms with Crippen molar-refractivity contribution in [2.75, 3.05) is 13.7 Å². The normalized spacial score (nSPS) is 14.4. The van der Waals surface area contributed by atoms with Crippen LogP contribution in [0.4, 0.5) is 0 Å². The predicted octanol–water partition coefficient (Wildman–Crippen LogP) is 3.14. The fourth-order valence-corrected chi connectivity index (χ4v) is 2.41. The Balaban J connectivity index is 1.65. The van der Waals surface area contributed by atoms with E-state index in [0.29, 0.717) is 19.1 Å². The lowest BCUT2D eigenvalue weighted by molar-refractivity contribution is 0.0913. The van der Waals surface area contributed by atoms with Gasteiger partial charge in [0.1, 0.15) is 11.5 Å². The van der Waals surface area contributed by atoms with Crippen molar-refractivity contribution in [2.24, 2.45) is 0 Å². The van der Waals surface area contributed by atoms with E-state index in [1.165, 1.54) is 0 Å². The van der Waals surface area contributed by atoms with Crippen molar-refractivity contribution in [3.8, 4) is 5.75 Å². The summed E-state index contributed by atoms with van der Waals surface area (Å²) >= 11 is 0. The summed E-state index contributed by atoms with van der Waals surface area (Å²) in [7, 11) is 1.62. The Morgan fingerprint density at radius 1 is 1.29 bits per heavy atom. The number of methoxy groups -OCH3 is 1. The van der Waals surface area contributed by atoms with E-state index in [4.69, 9.17) is 9.15 Å². The van der Waals surface area contributed by atoms with E-state index in [1.54, 1.807) is 13.4 Å². The molecule has 1 aromatic heterocycles. The van der Waals surface area contributed by atoms with Crippen LogP contribution >= 0.6 is 0 Å². The third kappa shape index (κ3) is 3.52. The summed E-state index contributed by atoms with van der Waals surface area (Å²) in [5, 5.41) is 0. The van der Waals surface area contributed by atoms with Crippen LogP contribution in [-0.2, 0) is 6.54 Å². The van der Waals surface area contributed by atoms with Gasteiger partial charge in [-0.05, 0) is 49.2 Å². The average Bonchev–Trinajstić information content (AvgIpc) is 3.24. The zero-order valence-electron chi connectivity index (χ0n) is 12.1. The lowest BCUT2D eigenvalue weighted by atomic mass is 10.1. The van der Waals surface area contributed by atoms with Gasteiger partial charge in [-0.3, -0.25) is 9.69 Å². The van der Waals surface area contributed by atoms with Crippen LogP contribution in [0.25, 0.3) is 0 Å². The van der Waals surface area contributed by atoms with Crippen molar-refractivity contribution in [1.29, 1.82) is 0 Å². The number of benzene rings is 1. The SMILES string of the molecule is COc1ccc(C(=O)CN(Cc2ccco2)C2CC2)cc1. The third-order valence-electron chi connectivity index (χ3n) is 3.76. The highest BCUT2D eigenvalue weighted by molar-refractivity contribution is 5.97. The van der Waals surface area contributed by atoms with Crippen LogP contribution in [-0.4, -0.2) is 30.4 Å². The second-order valence-corrected chi connectivity index (χ2v) is 5.37. The van der Waals surface area contributed by atoms with E-state index < -0.39 is 0 Å². The molecule has 21 heavy (non-hydrogen) atoms. The number of carbonyl (C=O) groups is 1. The Hall–Kier alpha value is -2.07. The minimum atomic E-state index is 0.135. The van der Waals surface area contributed by atoms with Gasteiger partial charge in [-0.2, -0.15) is 0 Å². The highest BCUT2D eigenvalue weighted by Gasteiger charge is 2.31. The first-order valence-electron chi connectivity index (χ1n) is 7.20. The van der Waals surface area contributed by atoms with Gasteiger partial charge in [-0.25, -0.2) is 0 Å². The number of Topliss-reactive ketones (excluding diaryl/α,β-unsaturated/α-hetero) is 1. The van der Waals surface area contributed by atoms with Crippen LogP contribution in [0.2, 0.25) is 0 Å². The molecular formula is C17H19NO3. The van der Waals surface area contributed by atoms with E-state index in [2.05, 4.69) is 4.90 Å². The van der Waals surface area contributed by atoms with Crippen molar-refractivity contribution < 1.29 is 13.9 Å². The van der Waals surface area contributed by atoms with Crippen LogP contribution in [0, 0.1) is 0 Å². The fourth-order valence-electron chi connectivity index (χ4n) is 2.41. The zero-order valence-corrected chi connectivity index (χ0v) is 12.1. The van der Waals surface area contributed by atoms with Gasteiger partial charge in [0, 0.05) is 11.6 Å². The molecule has 0 radical (unpaired) electrons. The second-order valence-electron chi connectivity index (χ2n) is 5.37. The van der Waals surface area contributed by atoms with Gasteiger partial charge in [-0.15, -0.1) is 0 Å². The number of rotatable bonds is 7. The highest BCUT2D eigenvalue weighted by Crippen LogP contribution is 2.28. The first-order valence-corrected chi connectivity index (χ1v) is 7.20. The van der Waals surface area contributed by atoms with E-state index in [0.717, 1.165) is 29.9 Å². The molecule has 0 amide bonds. The van der Waals surface area contributed by atoms with Crippen LogP contribution in [0.1, 0.15) is 29.0 Å². The molecule has 0 bridgehead atoms. The van der Waals surface area contributed by atoms with Gasteiger partial charge in [-0.1, -0.05) is 0 Å². The zero-order chi connectivity index (χ0) is 14.7. The van der Waals surface area contributed by atoms with Crippen molar-refractivity contribution in [2.45, 2.75) is 25.4 Å². The topological polar surface area (TPSA) is 42.7 Å². The molecule has 0 saturated heterocycles. The molecular weight excluding hydrogens is 266 g/mol. The molecule has 4 heteroatoms. The Bertz CT molecular complexity index is 585. The highest BCUT2D eigenvalue weighted by atomic mass is 16.5. The smallest absolute Gasteiger partial charge is 0.176 e. The van der Waals surface area contributed by atoms with Crippen molar-refractivity contribution >= 4 is 5.78 Å². The molecule has 0 spiro atoms. The average molecular weight is 285 g/mol. The van der Waals surface area contributed by atoms with Crippen LogP contribution in [0.5, 0.6) is 5.75 Å². The monoisotopic (exact) mass is 285 g/mol. The van der Waals surface area contributed by atoms with Gasteiger partial charge in [0.25, 0.3) is 0 Å². The number of nitrogens with zero attached hydrogens (tertiary/aromatic N) is 1. The molecule has 0 N–H and O–H groups in total. The molecule has 1 heterocycles. The summed E-state index contributed by atoms with van der Waals surface area (Å²) in [6.45, 7) is 1.12. The molecule has 1 aliphatic rings. The maximum Gasteiger partial charge on any atom is 0.176 e. The standard InChI is InChI=1S/C17H19NO3/c1-20-15-8-4-13(5-9-15)17(19)12-18(14-6-7-14)11-16-3-2-10-21-16/h2-5,8-10,14H,6-7,11-12H2,1H3. The summed E-state index contributed by atoms with van der Waals surface area (Å²) in [5.74, 6) is 1.81. The molecule has 1 aliphatic carbocycles. The molecule has 1 saturated carbocycles. The lowest BCUT2D eigenvalue weighted by Crippen LogP contribution is -2.31. The van der Waals surface area contributed by atoms with Gasteiger partial charge < -0.3 is 9.15 Å². The minimum Gasteiger partial charge on any atom is -0.497 e. The number of ether oxygens (including phenoxy) is 1. The minimum absolute atomic E-state index is 0.135. The van der Waals surface area contributed by atoms with Crippen molar-refractivity contribution in [3.63, 3.8) is 0 Å². The van der Waals surface area contributed by atoms with Crippen molar-refractivity contribution in [3.05, 3.63) is 54.0 Å². The second kappa shape index (κ2) is 6.14. The van der Waals surface area contributed by atoms with Gasteiger partial charge in [0.05, 0.1) is 26.5 Å². The largest absolute Gasteiger partial charge is 0.497 e. The van der Waals surface area contributed by atoms with E-state index in [-0.39, 0.29) is 5.78 Å². The van der Waals surface area contributed by atoms with E-state index in [9.17, 15) is 4.79 Å². The van der Waals surface area contributed by atoms with E-state index >= 15 is 0 Å². The molecule has 110 valence electrons. The molecule has 0 unspecified atom stereocenters. The molecule has 2 aromatic rings. The summed E-state index contributed by atoms with van der Waals surface area (Å²) in [6, 6.07) is 11.6. The molecule has 1 aromatic carbocycles. The van der Waals surface area contributed by atoms with Crippen LogP contribution < -0.4 is 4.74 Å². The van der Waals surface area contributed by atoms with Gasteiger partial charge in [0.2, 0.25) is 0 Å². The first kappa shape index (κ1) is 13.9. The maximum atomic E-state index is 12.4. The molecule has 4 nitrogen and oxygen atoms in total. The van der Waals surface area contributed by atoms with Crippen LogP contribution in [0.3, 0.4) is 0 Å². The summed E-state index contributed by atoms with van der Waals surface area (Å²) in [5.41, 5.74) is 0.723. The van der Waals surface area contributed by atoms with E-state index in [1.807, 2.05) is 36.4 Å². The number of hydrogen-bond donors (Lipinski definition) is 0. The fraction of sp³-hybridized carbons (Fsp3) is 0.353. The molecule has 0 aliphatic heterocycles. The summed E-state index contributed by atoms with van der Waals surface area (Å²) in [6.07, 6.45) is 4.00. The Kier molecular flexibility index (Phi) is 4.06. The molecule has 1 fully saturated rings. The Morgan fingerprint density at radius 2 is 2.05 bits per heavy atom. The Morgan fingerprint density at radius 3 is 2.62 bits per heavy atom. The van der Waals surface area contributed by atoms with Gasteiger partial charge in [0.15, 0.2) is 5.78 Å². The number of ketones is 1. The Labute approximate surface area is 124 Å². The first-order chi connectivity index (χ1) is 10.3. The summed E-state index contributed by atoms with van der Waals surface area (Å²) < 4.78 is 10.5. The number of carbonyl (C=O) groups excluding carboxylic acids is 1. The maximum absolute atomic E-state index is 12.4. The number of hydrogen-bond acceptors (Lipinski definition) is 4. The molecule has 0 atom stereocenters. The predicted molar refractivity (Wildman–Crippen MR) is 79.5 cm³/mol. The van der Waals surface area contributed by atoms with Crippen molar-refractivity contribution in [1.82, 2.24) is 4.90 Å². The molecule has 3 rings (SSSR count). The van der Waals surface area contributed by atoms with Crippen LogP contribution in [0.15, 0.2) is 47.1 Å². The lowest BCUT2D eigenvalue weighted by Gasteiger charge is -2.19.